The Balaban J connectivity index is 2.83. The lowest BCUT2D eigenvalue weighted by atomic mass is 10.1. The summed E-state index contributed by atoms with van der Waals surface area (Å²) in [6, 6.07) is 5.46. The molecule has 0 amide bonds. The fourth-order valence-corrected chi connectivity index (χ4v) is 2.54. The lowest BCUT2D eigenvalue weighted by Gasteiger charge is -2.05. The van der Waals surface area contributed by atoms with E-state index in [0.29, 0.717) is 5.75 Å². The molecular weight excluding hydrogens is 212 g/mol. The van der Waals surface area contributed by atoms with E-state index in [1.54, 1.807) is 17.4 Å². The van der Waals surface area contributed by atoms with Gasteiger partial charge < -0.3 is 9.84 Å². The average Bonchev–Trinajstić information content (AvgIpc) is 2.55. The topological polar surface area (TPSA) is 46.5 Å². The van der Waals surface area contributed by atoms with Gasteiger partial charge in [0, 0.05) is 15.0 Å². The van der Waals surface area contributed by atoms with Crippen molar-refractivity contribution < 1.29 is 14.6 Å². The number of carbonyl (C=O) groups is 1. The molecule has 15 heavy (non-hydrogen) atoms. The number of aryl methyl sites for hydroxylation is 1. The number of thiophene rings is 1. The summed E-state index contributed by atoms with van der Waals surface area (Å²) >= 11 is 1.58. The van der Waals surface area contributed by atoms with Crippen molar-refractivity contribution >= 4 is 27.4 Å². The number of rotatable bonds is 2. The van der Waals surface area contributed by atoms with Crippen LogP contribution >= 0.6 is 11.3 Å². The van der Waals surface area contributed by atoms with Crippen LogP contribution < -0.4 is 4.74 Å². The first kappa shape index (κ1) is 9.98. The van der Waals surface area contributed by atoms with E-state index in [1.165, 1.54) is 7.11 Å². The summed E-state index contributed by atoms with van der Waals surface area (Å²) in [5.74, 6) is -0.539. The lowest BCUT2D eigenvalue weighted by molar-refractivity contribution is 0.0695. The molecule has 0 radical (unpaired) electrons. The number of hydrogen-bond donors (Lipinski definition) is 1. The van der Waals surface area contributed by atoms with Crippen LogP contribution in [-0.4, -0.2) is 18.2 Å². The Hall–Kier alpha value is -1.55. The molecule has 0 spiro atoms. The molecule has 0 bridgehead atoms. The van der Waals surface area contributed by atoms with E-state index < -0.39 is 5.97 Å². The Morgan fingerprint density at radius 3 is 2.80 bits per heavy atom. The highest BCUT2D eigenvalue weighted by molar-refractivity contribution is 7.19. The second kappa shape index (κ2) is 3.55. The second-order valence-electron chi connectivity index (χ2n) is 3.22. The minimum atomic E-state index is -0.949. The molecule has 3 nitrogen and oxygen atoms in total. The highest BCUT2D eigenvalue weighted by Crippen LogP contribution is 2.33. The third kappa shape index (κ3) is 1.57. The van der Waals surface area contributed by atoms with Crippen molar-refractivity contribution in [2.24, 2.45) is 0 Å². The van der Waals surface area contributed by atoms with E-state index in [0.717, 1.165) is 15.0 Å². The van der Waals surface area contributed by atoms with E-state index in [9.17, 15) is 4.79 Å². The predicted octanol–water partition coefficient (Wildman–Crippen LogP) is 2.92. The van der Waals surface area contributed by atoms with Crippen LogP contribution in [0.15, 0.2) is 18.2 Å². The number of aromatic carboxylic acids is 1. The number of methoxy groups -OCH3 is 1. The first-order valence-electron chi connectivity index (χ1n) is 4.44. The predicted molar refractivity (Wildman–Crippen MR) is 60.1 cm³/mol. The maximum absolute atomic E-state index is 11.1. The molecule has 78 valence electrons. The first-order chi connectivity index (χ1) is 7.13. The lowest BCUT2D eigenvalue weighted by Crippen LogP contribution is -2.00. The fourth-order valence-electron chi connectivity index (χ4n) is 1.61. The SMILES string of the molecule is COc1ccc2sc(C)cc2c1C(=O)O. The van der Waals surface area contributed by atoms with Crippen molar-refractivity contribution in [1.29, 1.82) is 0 Å². The zero-order valence-corrected chi connectivity index (χ0v) is 9.22. The number of hydrogen-bond acceptors (Lipinski definition) is 3. The molecule has 1 heterocycles. The van der Waals surface area contributed by atoms with Gasteiger partial charge in [0.05, 0.1) is 7.11 Å². The molecule has 0 saturated heterocycles. The smallest absolute Gasteiger partial charge is 0.340 e. The molecule has 2 aromatic rings. The third-order valence-corrected chi connectivity index (χ3v) is 3.24. The maximum atomic E-state index is 11.1. The zero-order valence-electron chi connectivity index (χ0n) is 8.40. The molecule has 1 aromatic heterocycles. The van der Waals surface area contributed by atoms with Gasteiger partial charge in [-0.25, -0.2) is 4.79 Å². The monoisotopic (exact) mass is 222 g/mol. The molecule has 0 aliphatic rings. The van der Waals surface area contributed by atoms with Crippen LogP contribution in [0.4, 0.5) is 0 Å². The largest absolute Gasteiger partial charge is 0.496 e. The Bertz CT molecular complexity index is 528. The van der Waals surface area contributed by atoms with Crippen LogP contribution in [0.3, 0.4) is 0 Å². The molecular formula is C11H10O3S. The summed E-state index contributed by atoms with van der Waals surface area (Å²) in [5.41, 5.74) is 0.249. The summed E-state index contributed by atoms with van der Waals surface area (Å²) in [5, 5.41) is 9.88. The quantitative estimate of drug-likeness (QED) is 0.849. The van der Waals surface area contributed by atoms with E-state index in [-0.39, 0.29) is 5.56 Å². The normalized spacial score (nSPS) is 10.5. The van der Waals surface area contributed by atoms with Gasteiger partial charge in [-0.3, -0.25) is 0 Å². The van der Waals surface area contributed by atoms with Gasteiger partial charge in [-0.05, 0) is 25.1 Å². The van der Waals surface area contributed by atoms with Crippen LogP contribution in [0.5, 0.6) is 5.75 Å². The van der Waals surface area contributed by atoms with Gasteiger partial charge in [0.1, 0.15) is 11.3 Å². The molecule has 0 fully saturated rings. The van der Waals surface area contributed by atoms with Crippen molar-refractivity contribution in [2.75, 3.05) is 7.11 Å². The standard InChI is InChI=1S/C11H10O3S/c1-6-5-7-9(15-6)4-3-8(14-2)10(7)11(12)13/h3-5H,1-2H3,(H,12,13). The number of carboxylic acid groups (broad SMARTS) is 1. The Kier molecular flexibility index (Phi) is 2.36. The summed E-state index contributed by atoms with van der Waals surface area (Å²) < 4.78 is 6.03. The van der Waals surface area contributed by atoms with Crippen LogP contribution in [-0.2, 0) is 0 Å². The molecule has 0 aliphatic heterocycles. The van der Waals surface area contributed by atoms with Gasteiger partial charge in [0.25, 0.3) is 0 Å². The molecule has 0 saturated carbocycles. The zero-order chi connectivity index (χ0) is 11.0. The number of ether oxygens (including phenoxy) is 1. The Labute approximate surface area is 90.9 Å². The highest BCUT2D eigenvalue weighted by Gasteiger charge is 2.16. The number of fused-ring (bicyclic) bond motifs is 1. The summed E-state index contributed by atoms with van der Waals surface area (Å²) in [6.45, 7) is 1.96. The van der Waals surface area contributed by atoms with Crippen LogP contribution in [0.1, 0.15) is 15.2 Å². The third-order valence-electron chi connectivity index (χ3n) is 2.22. The van der Waals surface area contributed by atoms with E-state index in [2.05, 4.69) is 0 Å². The second-order valence-corrected chi connectivity index (χ2v) is 4.50. The minimum absolute atomic E-state index is 0.249. The van der Waals surface area contributed by atoms with Gasteiger partial charge >= 0.3 is 5.97 Å². The van der Waals surface area contributed by atoms with Crippen molar-refractivity contribution in [1.82, 2.24) is 0 Å². The molecule has 1 aromatic carbocycles. The molecule has 0 aliphatic carbocycles. The van der Waals surface area contributed by atoms with E-state index >= 15 is 0 Å². The summed E-state index contributed by atoms with van der Waals surface area (Å²) in [7, 11) is 1.48. The Morgan fingerprint density at radius 2 is 2.20 bits per heavy atom. The number of benzene rings is 1. The molecule has 4 heteroatoms. The van der Waals surface area contributed by atoms with Crippen molar-refractivity contribution in [3.63, 3.8) is 0 Å². The maximum Gasteiger partial charge on any atom is 0.340 e. The van der Waals surface area contributed by atoms with Crippen LogP contribution in [0.25, 0.3) is 10.1 Å². The van der Waals surface area contributed by atoms with E-state index in [4.69, 9.17) is 9.84 Å². The fraction of sp³-hybridized carbons (Fsp3) is 0.182. The number of carboxylic acids is 1. The first-order valence-corrected chi connectivity index (χ1v) is 5.25. The van der Waals surface area contributed by atoms with Gasteiger partial charge in [0.15, 0.2) is 0 Å². The van der Waals surface area contributed by atoms with Gasteiger partial charge in [-0.2, -0.15) is 0 Å². The van der Waals surface area contributed by atoms with Gasteiger partial charge in [-0.1, -0.05) is 0 Å². The van der Waals surface area contributed by atoms with Crippen molar-refractivity contribution in [2.45, 2.75) is 6.92 Å². The summed E-state index contributed by atoms with van der Waals surface area (Å²) in [4.78, 5) is 12.2. The molecule has 2 rings (SSSR count). The van der Waals surface area contributed by atoms with Gasteiger partial charge in [0.2, 0.25) is 0 Å². The minimum Gasteiger partial charge on any atom is -0.496 e. The molecule has 0 atom stereocenters. The average molecular weight is 222 g/mol. The summed E-state index contributed by atoms with van der Waals surface area (Å²) in [6.07, 6.45) is 0. The molecule has 1 N–H and O–H groups in total. The van der Waals surface area contributed by atoms with Crippen LogP contribution in [0, 0.1) is 6.92 Å². The van der Waals surface area contributed by atoms with Crippen molar-refractivity contribution in [3.05, 3.63) is 28.6 Å². The molecule has 0 unspecified atom stereocenters. The van der Waals surface area contributed by atoms with Crippen LogP contribution in [0.2, 0.25) is 0 Å². The highest BCUT2D eigenvalue weighted by atomic mass is 32.1. The van der Waals surface area contributed by atoms with E-state index in [1.807, 2.05) is 19.1 Å². The Morgan fingerprint density at radius 1 is 1.47 bits per heavy atom. The van der Waals surface area contributed by atoms with Crippen molar-refractivity contribution in [3.8, 4) is 5.75 Å². The van der Waals surface area contributed by atoms with Gasteiger partial charge in [-0.15, -0.1) is 11.3 Å².